The maximum Gasteiger partial charge on any atom is 0.336 e. The number of halogens is 2. The first-order chi connectivity index (χ1) is 10.6. The van der Waals surface area contributed by atoms with Crippen molar-refractivity contribution < 1.29 is 27.1 Å². The summed E-state index contributed by atoms with van der Waals surface area (Å²) in [6.07, 6.45) is 0. The molecule has 8 heteroatoms. The molecule has 0 amide bonds. The molecule has 0 unspecified atom stereocenters. The molecule has 0 atom stereocenters. The third-order valence-electron chi connectivity index (χ3n) is 3.31. The molecule has 0 aliphatic carbocycles. The molecule has 0 aliphatic rings. The second-order valence-corrected chi connectivity index (χ2v) is 6.57. The van der Waals surface area contributed by atoms with E-state index in [1.165, 1.54) is 32.0 Å². The van der Waals surface area contributed by atoms with Crippen LogP contribution in [0.15, 0.2) is 35.2 Å². The van der Waals surface area contributed by atoms with E-state index in [1.807, 2.05) is 0 Å². The molecule has 5 nitrogen and oxygen atoms in total. The molecule has 0 saturated heterocycles. The van der Waals surface area contributed by atoms with Crippen molar-refractivity contribution in [2.45, 2.75) is 18.7 Å². The highest BCUT2D eigenvalue weighted by Gasteiger charge is 2.22. The summed E-state index contributed by atoms with van der Waals surface area (Å²) in [5.74, 6) is -3.30. The Morgan fingerprint density at radius 3 is 2.39 bits per heavy atom. The third kappa shape index (κ3) is 3.31. The van der Waals surface area contributed by atoms with Gasteiger partial charge in [0.1, 0.15) is 16.5 Å². The second kappa shape index (κ2) is 5.96. The van der Waals surface area contributed by atoms with Crippen molar-refractivity contribution in [2.24, 2.45) is 0 Å². The average molecular weight is 341 g/mol. The molecule has 2 N–H and O–H groups in total. The fourth-order valence-corrected chi connectivity index (χ4v) is 3.28. The van der Waals surface area contributed by atoms with E-state index >= 15 is 0 Å². The Hall–Kier alpha value is -2.48. The zero-order valence-electron chi connectivity index (χ0n) is 12.2. The van der Waals surface area contributed by atoms with E-state index in [9.17, 15) is 22.0 Å². The average Bonchev–Trinajstić information content (AvgIpc) is 2.44. The van der Waals surface area contributed by atoms with Gasteiger partial charge >= 0.3 is 5.97 Å². The Balaban J connectivity index is 2.50. The zero-order chi connectivity index (χ0) is 17.4. The smallest absolute Gasteiger partial charge is 0.336 e. The van der Waals surface area contributed by atoms with Crippen molar-refractivity contribution in [1.82, 2.24) is 0 Å². The maximum absolute atomic E-state index is 13.8. The molecule has 0 heterocycles. The predicted molar refractivity (Wildman–Crippen MR) is 80.0 cm³/mol. The van der Waals surface area contributed by atoms with E-state index in [1.54, 1.807) is 0 Å². The molecule has 23 heavy (non-hydrogen) atoms. The lowest BCUT2D eigenvalue weighted by molar-refractivity contribution is 0.0696. The Bertz CT molecular complexity index is 895. The van der Waals surface area contributed by atoms with Crippen LogP contribution in [-0.2, 0) is 10.0 Å². The monoisotopic (exact) mass is 341 g/mol. The van der Waals surface area contributed by atoms with Crippen LogP contribution in [0, 0.1) is 25.5 Å². The minimum Gasteiger partial charge on any atom is -0.478 e. The van der Waals surface area contributed by atoms with Crippen LogP contribution in [0.25, 0.3) is 0 Å². The van der Waals surface area contributed by atoms with Crippen molar-refractivity contribution >= 4 is 21.7 Å². The lowest BCUT2D eigenvalue weighted by Gasteiger charge is -2.13. The highest BCUT2D eigenvalue weighted by molar-refractivity contribution is 7.92. The Morgan fingerprint density at radius 2 is 1.78 bits per heavy atom. The number of nitrogens with one attached hydrogen (secondary N) is 1. The number of hydrogen-bond donors (Lipinski definition) is 2. The fraction of sp³-hybridized carbons (Fsp3) is 0.133. The van der Waals surface area contributed by atoms with Crippen molar-refractivity contribution in [3.05, 3.63) is 58.7 Å². The van der Waals surface area contributed by atoms with Crippen molar-refractivity contribution in [3.63, 3.8) is 0 Å². The number of hydrogen-bond acceptors (Lipinski definition) is 3. The molecule has 0 fully saturated rings. The second-order valence-electron chi connectivity index (χ2n) is 4.92. The van der Waals surface area contributed by atoms with Gasteiger partial charge < -0.3 is 5.11 Å². The van der Waals surface area contributed by atoms with Crippen LogP contribution in [0.2, 0.25) is 0 Å². The minimum atomic E-state index is -4.33. The maximum atomic E-state index is 13.8. The van der Waals surface area contributed by atoms with Gasteiger partial charge in [-0.25, -0.2) is 22.0 Å². The largest absolute Gasteiger partial charge is 0.478 e. The van der Waals surface area contributed by atoms with Gasteiger partial charge in [-0.3, -0.25) is 4.72 Å². The summed E-state index contributed by atoms with van der Waals surface area (Å²) in [5.41, 5.74) is 0.0813. The number of carbonyl (C=O) groups is 1. The Kier molecular flexibility index (Phi) is 4.37. The van der Waals surface area contributed by atoms with Crippen molar-refractivity contribution in [1.29, 1.82) is 0 Å². The van der Waals surface area contributed by atoms with Gasteiger partial charge in [0.2, 0.25) is 0 Å². The molecular weight excluding hydrogens is 328 g/mol. The van der Waals surface area contributed by atoms with Gasteiger partial charge in [-0.2, -0.15) is 0 Å². The van der Waals surface area contributed by atoms with Gasteiger partial charge in [-0.05, 0) is 43.2 Å². The summed E-state index contributed by atoms with van der Waals surface area (Å²) >= 11 is 0. The van der Waals surface area contributed by atoms with Gasteiger partial charge in [0.05, 0.1) is 11.3 Å². The van der Waals surface area contributed by atoms with E-state index in [4.69, 9.17) is 5.11 Å². The van der Waals surface area contributed by atoms with Gasteiger partial charge in [0.25, 0.3) is 10.0 Å². The summed E-state index contributed by atoms with van der Waals surface area (Å²) in [7, 11) is -4.33. The lowest BCUT2D eigenvalue weighted by Crippen LogP contribution is -2.16. The molecule has 0 spiro atoms. The predicted octanol–water partition coefficient (Wildman–Crippen LogP) is 3.08. The first kappa shape index (κ1) is 16.9. The summed E-state index contributed by atoms with van der Waals surface area (Å²) in [4.78, 5) is 10.4. The number of aryl methyl sites for hydroxylation is 1. The molecule has 0 aliphatic heterocycles. The van der Waals surface area contributed by atoms with E-state index in [-0.39, 0.29) is 22.4 Å². The molecule has 0 aromatic heterocycles. The number of anilines is 1. The van der Waals surface area contributed by atoms with Crippen LogP contribution in [0.5, 0.6) is 0 Å². The number of rotatable bonds is 4. The van der Waals surface area contributed by atoms with E-state index in [2.05, 4.69) is 4.72 Å². The molecule has 122 valence electrons. The molecular formula is C15H13F2NO4S. The van der Waals surface area contributed by atoms with Crippen molar-refractivity contribution in [3.8, 4) is 0 Å². The zero-order valence-corrected chi connectivity index (χ0v) is 13.0. The normalized spacial score (nSPS) is 11.3. The van der Waals surface area contributed by atoms with Crippen LogP contribution in [0.3, 0.4) is 0 Å². The summed E-state index contributed by atoms with van der Waals surface area (Å²) in [6, 6.07) is 5.40. The van der Waals surface area contributed by atoms with Crippen LogP contribution in [0.1, 0.15) is 21.5 Å². The Labute approximate surface area is 131 Å². The minimum absolute atomic E-state index is 0.00581. The first-order valence-electron chi connectivity index (χ1n) is 6.45. The summed E-state index contributed by atoms with van der Waals surface area (Å²) < 4.78 is 53.8. The van der Waals surface area contributed by atoms with Gasteiger partial charge in [0.15, 0.2) is 0 Å². The van der Waals surface area contributed by atoms with Gasteiger partial charge in [-0.15, -0.1) is 0 Å². The van der Waals surface area contributed by atoms with E-state index in [0.717, 1.165) is 6.07 Å². The standard InChI is InChI=1S/C15H13F2NO4S/c1-8-6-14(12(17)7-11(8)16)23(21,22)18-13-5-3-4-10(9(13)2)15(19)20/h3-7,18H,1-2H3,(H,19,20). The molecule has 2 rings (SSSR count). The highest BCUT2D eigenvalue weighted by Crippen LogP contribution is 2.25. The third-order valence-corrected chi connectivity index (χ3v) is 4.69. The van der Waals surface area contributed by atoms with Crippen LogP contribution < -0.4 is 4.72 Å². The van der Waals surface area contributed by atoms with Crippen LogP contribution in [-0.4, -0.2) is 19.5 Å². The number of sulfonamides is 1. The molecule has 0 saturated carbocycles. The Morgan fingerprint density at radius 1 is 1.13 bits per heavy atom. The van der Waals surface area contributed by atoms with Crippen molar-refractivity contribution in [2.75, 3.05) is 4.72 Å². The molecule has 0 radical (unpaired) electrons. The van der Waals surface area contributed by atoms with Gasteiger partial charge in [0, 0.05) is 6.07 Å². The number of aromatic carboxylic acids is 1. The molecule has 0 bridgehead atoms. The lowest BCUT2D eigenvalue weighted by atomic mass is 10.1. The topological polar surface area (TPSA) is 83.5 Å². The molecule has 2 aromatic rings. The fourth-order valence-electron chi connectivity index (χ4n) is 2.01. The van der Waals surface area contributed by atoms with Crippen LogP contribution in [0.4, 0.5) is 14.5 Å². The highest BCUT2D eigenvalue weighted by atomic mass is 32.2. The summed E-state index contributed by atoms with van der Waals surface area (Å²) in [5, 5.41) is 9.04. The number of carboxylic acid groups (broad SMARTS) is 1. The van der Waals surface area contributed by atoms with Gasteiger partial charge in [-0.1, -0.05) is 6.07 Å². The summed E-state index contributed by atoms with van der Waals surface area (Å²) in [6.45, 7) is 2.73. The first-order valence-corrected chi connectivity index (χ1v) is 7.93. The number of carboxylic acids is 1. The van der Waals surface area contributed by atoms with E-state index < -0.39 is 32.5 Å². The van der Waals surface area contributed by atoms with Crippen LogP contribution >= 0.6 is 0 Å². The van der Waals surface area contributed by atoms with E-state index in [0.29, 0.717) is 6.07 Å². The SMILES string of the molecule is Cc1cc(S(=O)(=O)Nc2cccc(C(=O)O)c2C)c(F)cc1F. The quantitative estimate of drug-likeness (QED) is 0.895. The number of benzene rings is 2. The molecule has 2 aromatic carbocycles.